The Balaban J connectivity index is 0.000000350. The van der Waals surface area contributed by atoms with E-state index in [-0.39, 0.29) is 35.6 Å². The second-order valence-electron chi connectivity index (χ2n) is 12.8. The molecule has 2 aliphatic rings. The predicted octanol–water partition coefficient (Wildman–Crippen LogP) is 3.69. The van der Waals surface area contributed by atoms with Crippen molar-refractivity contribution in [2.24, 2.45) is 5.92 Å². The van der Waals surface area contributed by atoms with Gasteiger partial charge in [-0.3, -0.25) is 6.08 Å². The minimum absolute atomic E-state index is 0. The Bertz CT molecular complexity index is 1270. The molecule has 3 aromatic rings. The Labute approximate surface area is 271 Å². The maximum absolute atomic E-state index is 3.67. The molecule has 0 saturated heterocycles. The van der Waals surface area contributed by atoms with Crippen molar-refractivity contribution in [3.05, 3.63) is 117 Å². The molecule has 2 aliphatic carbocycles. The van der Waals surface area contributed by atoms with Crippen molar-refractivity contribution in [1.29, 1.82) is 0 Å². The van der Waals surface area contributed by atoms with Gasteiger partial charge in [0.15, 0.2) is 0 Å². The van der Waals surface area contributed by atoms with Crippen LogP contribution in [0.15, 0.2) is 71.8 Å². The second-order valence-corrected chi connectivity index (χ2v) is 13.5. The average molecular weight is 651 g/mol. The van der Waals surface area contributed by atoms with Crippen LogP contribution in [-0.4, -0.2) is 3.71 Å². The molecule has 0 aliphatic heterocycles. The third-order valence-corrected chi connectivity index (χ3v) is 8.06. The molecule has 3 aromatic carbocycles. The minimum atomic E-state index is 0. The first-order valence-electron chi connectivity index (χ1n) is 13.7. The third-order valence-electron chi connectivity index (χ3n) is 7.24. The Morgan fingerprint density at radius 1 is 0.800 bits per heavy atom. The number of aryl methyl sites for hydroxylation is 1. The Morgan fingerprint density at radius 2 is 1.40 bits per heavy atom. The molecular weight excluding hydrogens is 607 g/mol. The summed E-state index contributed by atoms with van der Waals surface area (Å²) in [5.74, 6) is 0.551. The molecule has 0 fully saturated rings. The van der Waals surface area contributed by atoms with E-state index in [0.717, 1.165) is 6.42 Å². The van der Waals surface area contributed by atoms with Crippen molar-refractivity contribution in [3.8, 4) is 11.1 Å². The summed E-state index contributed by atoms with van der Waals surface area (Å²) in [5.41, 5.74) is 14.1. The first kappa shape index (κ1) is 36.5. The van der Waals surface area contributed by atoms with Crippen molar-refractivity contribution < 1.29 is 49.0 Å². The van der Waals surface area contributed by atoms with E-state index >= 15 is 0 Å². The van der Waals surface area contributed by atoms with Crippen LogP contribution in [0.4, 0.5) is 0 Å². The van der Waals surface area contributed by atoms with E-state index in [2.05, 4.69) is 146 Å². The van der Waals surface area contributed by atoms with Crippen LogP contribution >= 0.6 is 0 Å². The van der Waals surface area contributed by atoms with Gasteiger partial charge in [-0.25, -0.2) is 11.1 Å². The molecule has 40 heavy (non-hydrogen) atoms. The number of allylic oxidation sites excluding steroid dienone is 4. The maximum Gasteiger partial charge on any atom is -1.00 e. The Kier molecular flexibility index (Phi) is 13.8. The number of halogens is 2. The average Bonchev–Trinajstić information content (AvgIpc) is 3.35. The number of fused-ring (bicyclic) bond motifs is 3. The fourth-order valence-corrected chi connectivity index (χ4v) is 5.16. The van der Waals surface area contributed by atoms with Gasteiger partial charge in [0.25, 0.3) is 0 Å². The van der Waals surface area contributed by atoms with Crippen molar-refractivity contribution in [1.82, 2.24) is 0 Å². The Morgan fingerprint density at radius 3 is 1.85 bits per heavy atom. The van der Waals surface area contributed by atoms with E-state index in [1.54, 1.807) is 0 Å². The molecule has 0 N–H and O–H groups in total. The molecule has 0 heterocycles. The molecule has 0 saturated carbocycles. The van der Waals surface area contributed by atoms with E-state index in [1.807, 2.05) is 0 Å². The van der Waals surface area contributed by atoms with E-state index in [1.165, 1.54) is 79.9 Å². The zero-order valence-electron chi connectivity index (χ0n) is 25.9. The van der Waals surface area contributed by atoms with Crippen LogP contribution < -0.4 is 24.8 Å². The molecule has 1 atom stereocenters. The van der Waals surface area contributed by atoms with Gasteiger partial charge in [0, 0.05) is 0 Å². The molecular formula is C37H44Cl2Zr-2. The predicted molar refractivity (Wildman–Crippen MR) is 163 cm³/mol. The fourth-order valence-electron chi connectivity index (χ4n) is 4.69. The molecule has 0 spiro atoms. The molecule has 0 amide bonds. The van der Waals surface area contributed by atoms with Gasteiger partial charge in [0.1, 0.15) is 0 Å². The zero-order valence-corrected chi connectivity index (χ0v) is 29.9. The van der Waals surface area contributed by atoms with Crippen LogP contribution in [-0.2, 0) is 41.5 Å². The molecule has 0 bridgehead atoms. The SMILES string of the molecule is CC(C)(C)c1[c-]c2c(cc1)-c1ccc(C(C)(C)C)cc1C2.CC1=[C-]C(C)C=C1C.Cc1ccc([CH]=[Zr+2])cc1.[Cl-].[Cl-]. The summed E-state index contributed by atoms with van der Waals surface area (Å²) in [4.78, 5) is 0. The normalized spacial score (nSPS) is 14.9. The van der Waals surface area contributed by atoms with E-state index < -0.39 is 0 Å². The van der Waals surface area contributed by atoms with Crippen molar-refractivity contribution in [2.45, 2.75) is 86.5 Å². The summed E-state index contributed by atoms with van der Waals surface area (Å²) in [5, 5.41) is 0. The van der Waals surface area contributed by atoms with Gasteiger partial charge in [-0.05, 0) is 28.4 Å². The number of benzene rings is 3. The number of rotatable bonds is 1. The number of hydrogen-bond acceptors (Lipinski definition) is 0. The monoisotopic (exact) mass is 648 g/mol. The first-order chi connectivity index (χ1) is 17.7. The van der Waals surface area contributed by atoms with Gasteiger partial charge in [-0.1, -0.05) is 85.1 Å². The third kappa shape index (κ3) is 9.79. The molecule has 5 rings (SSSR count). The van der Waals surface area contributed by atoms with Crippen LogP contribution in [0, 0.1) is 25.0 Å². The van der Waals surface area contributed by atoms with Crippen molar-refractivity contribution in [3.63, 3.8) is 0 Å². The van der Waals surface area contributed by atoms with Crippen LogP contribution in [0.1, 0.15) is 95.7 Å². The first-order valence-corrected chi connectivity index (χ1v) is 15.2. The van der Waals surface area contributed by atoms with Crippen molar-refractivity contribution in [2.75, 3.05) is 0 Å². The smallest absolute Gasteiger partial charge is 1.00 e. The summed E-state index contributed by atoms with van der Waals surface area (Å²) in [6.07, 6.45) is 6.55. The fraction of sp³-hybridized carbons (Fsp3) is 0.378. The van der Waals surface area contributed by atoms with Crippen LogP contribution in [0.25, 0.3) is 11.1 Å². The second kappa shape index (κ2) is 15.1. The zero-order chi connectivity index (χ0) is 28.3. The summed E-state index contributed by atoms with van der Waals surface area (Å²) >= 11 is 1.47. The van der Waals surface area contributed by atoms with E-state index in [9.17, 15) is 0 Å². The van der Waals surface area contributed by atoms with Crippen LogP contribution in [0.2, 0.25) is 0 Å². The summed E-state index contributed by atoms with van der Waals surface area (Å²) < 4.78 is 2.19. The van der Waals surface area contributed by atoms with Gasteiger partial charge in [0.05, 0.1) is 0 Å². The summed E-state index contributed by atoms with van der Waals surface area (Å²) in [6.45, 7) is 22.1. The summed E-state index contributed by atoms with van der Waals surface area (Å²) in [7, 11) is 0. The standard InChI is InChI=1S/C21H25.C8H11.C8H8.2ClH.Zr/c1-20(2,3)16-7-9-18-14(12-16)11-15-13-17(21(4,5)6)8-10-19(15)18;1-6-4-7(2)8(3)5-6;1-7-3-5-8(2)6-4-7;;;/h7-10,12H,11H2,1-6H3;4,6H,1-3H3;1,3-6H,2H3;2*1H;/q2*-1;;;;+2/p-2. The molecule has 0 radical (unpaired) electrons. The van der Waals surface area contributed by atoms with Gasteiger partial charge in [0.2, 0.25) is 0 Å². The van der Waals surface area contributed by atoms with E-state index in [4.69, 9.17) is 0 Å². The topological polar surface area (TPSA) is 0 Å². The van der Waals surface area contributed by atoms with Crippen molar-refractivity contribution >= 4 is 3.71 Å². The Hall–Kier alpha value is -1.53. The van der Waals surface area contributed by atoms with Gasteiger partial charge >= 0.3 is 70.3 Å². The minimum Gasteiger partial charge on any atom is -1.00 e. The molecule has 1 unspecified atom stereocenters. The van der Waals surface area contributed by atoms with Gasteiger partial charge in [-0.2, -0.15) is 29.8 Å². The quantitative estimate of drug-likeness (QED) is 0.276. The van der Waals surface area contributed by atoms with Crippen LogP contribution in [0.3, 0.4) is 0 Å². The molecule has 212 valence electrons. The number of hydrogen-bond donors (Lipinski definition) is 0. The largest absolute Gasteiger partial charge is 1.00 e. The molecule has 0 nitrogen and oxygen atoms in total. The van der Waals surface area contributed by atoms with Crippen LogP contribution in [0.5, 0.6) is 0 Å². The van der Waals surface area contributed by atoms with Gasteiger partial charge < -0.3 is 24.8 Å². The maximum atomic E-state index is 3.67. The van der Waals surface area contributed by atoms with Gasteiger partial charge in [-0.15, -0.1) is 18.1 Å². The molecule has 0 aromatic heterocycles. The summed E-state index contributed by atoms with van der Waals surface area (Å²) in [6, 6.07) is 23.7. The van der Waals surface area contributed by atoms with E-state index in [0.29, 0.717) is 5.92 Å². The molecule has 3 heteroatoms.